The van der Waals surface area contributed by atoms with Crippen molar-refractivity contribution < 1.29 is 24.2 Å². The van der Waals surface area contributed by atoms with Crippen LogP contribution in [0.2, 0.25) is 0 Å². The molecule has 0 saturated heterocycles. The number of amides is 2. The van der Waals surface area contributed by atoms with Crippen LogP contribution >= 0.6 is 0 Å². The van der Waals surface area contributed by atoms with Gasteiger partial charge in [0.2, 0.25) is 5.91 Å². The van der Waals surface area contributed by atoms with Crippen molar-refractivity contribution in [3.8, 4) is 0 Å². The summed E-state index contributed by atoms with van der Waals surface area (Å²) in [6.45, 7) is 5.19. The quantitative estimate of drug-likeness (QED) is 0.659. The molecule has 0 aromatic rings. The first-order valence-electron chi connectivity index (χ1n) is 6.25. The Morgan fingerprint density at radius 3 is 2.50 bits per heavy atom. The van der Waals surface area contributed by atoms with E-state index < -0.39 is 41.4 Å². The molecule has 2 atom stereocenters. The zero-order valence-corrected chi connectivity index (χ0v) is 11.8. The van der Waals surface area contributed by atoms with Gasteiger partial charge in [0.25, 0.3) is 0 Å². The lowest BCUT2D eigenvalue weighted by Gasteiger charge is -2.24. The van der Waals surface area contributed by atoms with E-state index in [-0.39, 0.29) is 6.42 Å². The number of carbonyl (C=O) groups is 3. The van der Waals surface area contributed by atoms with Gasteiger partial charge in [-0.2, -0.15) is 0 Å². The van der Waals surface area contributed by atoms with E-state index in [1.807, 2.05) is 0 Å². The Morgan fingerprint density at radius 1 is 1.45 bits per heavy atom. The zero-order chi connectivity index (χ0) is 15.6. The van der Waals surface area contributed by atoms with E-state index >= 15 is 0 Å². The van der Waals surface area contributed by atoms with Crippen molar-refractivity contribution in [2.75, 3.05) is 0 Å². The molecule has 0 bridgehead atoms. The second-order valence-electron chi connectivity index (χ2n) is 5.91. The van der Waals surface area contributed by atoms with Crippen molar-refractivity contribution in [1.29, 1.82) is 0 Å². The number of rotatable bonds is 4. The average Bonchev–Trinajstić information content (AvgIpc) is 2.58. The number of hydrogen-bond donors (Lipinski definition) is 3. The predicted molar refractivity (Wildman–Crippen MR) is 70.8 cm³/mol. The van der Waals surface area contributed by atoms with E-state index in [0.717, 1.165) is 0 Å². The fraction of sp³-hybridized carbons (Fsp3) is 0.615. The molecule has 0 aliphatic heterocycles. The standard InChI is InChI=1S/C13H20N2O5/c1-12(2,3)20-11(19)15-8-4-5-13(6-8,10(14)18)7-9(16)17/h4-5,8H,6-7H2,1-3H3,(H2,14,18)(H,15,19)(H,16,17)/t8?,13-/m0/s1. The average molecular weight is 284 g/mol. The van der Waals surface area contributed by atoms with Gasteiger partial charge in [0, 0.05) is 0 Å². The molecule has 0 radical (unpaired) electrons. The highest BCUT2D eigenvalue weighted by molar-refractivity contribution is 5.88. The van der Waals surface area contributed by atoms with Gasteiger partial charge in [0.1, 0.15) is 5.60 Å². The summed E-state index contributed by atoms with van der Waals surface area (Å²) < 4.78 is 5.09. The highest BCUT2D eigenvalue weighted by Crippen LogP contribution is 2.35. The minimum Gasteiger partial charge on any atom is -0.481 e. The van der Waals surface area contributed by atoms with E-state index in [2.05, 4.69) is 5.32 Å². The maximum Gasteiger partial charge on any atom is 0.408 e. The SMILES string of the molecule is CC(C)(C)OC(=O)NC1C=C[C@](CC(=O)O)(C(N)=O)C1. The van der Waals surface area contributed by atoms with Gasteiger partial charge in [-0.05, 0) is 27.2 Å². The molecule has 0 saturated carbocycles. The summed E-state index contributed by atoms with van der Waals surface area (Å²) >= 11 is 0. The molecule has 4 N–H and O–H groups in total. The summed E-state index contributed by atoms with van der Waals surface area (Å²) in [5.74, 6) is -1.84. The van der Waals surface area contributed by atoms with Crippen molar-refractivity contribution in [3.05, 3.63) is 12.2 Å². The lowest BCUT2D eigenvalue weighted by Crippen LogP contribution is -2.42. The van der Waals surface area contributed by atoms with E-state index in [0.29, 0.717) is 0 Å². The molecule has 7 nitrogen and oxygen atoms in total. The zero-order valence-electron chi connectivity index (χ0n) is 11.8. The van der Waals surface area contributed by atoms with E-state index in [1.165, 1.54) is 6.08 Å². The molecular formula is C13H20N2O5. The third kappa shape index (κ3) is 4.25. The number of carboxylic acid groups (broad SMARTS) is 1. The summed E-state index contributed by atoms with van der Waals surface area (Å²) in [6, 6.07) is -0.475. The first-order valence-corrected chi connectivity index (χ1v) is 6.25. The van der Waals surface area contributed by atoms with Crippen LogP contribution in [0.3, 0.4) is 0 Å². The second kappa shape index (κ2) is 5.52. The topological polar surface area (TPSA) is 119 Å². The molecule has 112 valence electrons. The Hall–Kier alpha value is -2.05. The molecule has 0 spiro atoms. The van der Waals surface area contributed by atoms with Gasteiger partial charge in [-0.15, -0.1) is 0 Å². The number of primary amides is 1. The number of ether oxygens (including phenoxy) is 1. The van der Waals surface area contributed by atoms with Crippen LogP contribution in [0.1, 0.15) is 33.6 Å². The summed E-state index contributed by atoms with van der Waals surface area (Å²) in [5.41, 5.74) is 3.39. The van der Waals surface area contributed by atoms with Crippen LogP contribution in [0.4, 0.5) is 4.79 Å². The number of nitrogens with one attached hydrogen (secondary N) is 1. The van der Waals surface area contributed by atoms with Crippen molar-refractivity contribution in [2.24, 2.45) is 11.1 Å². The van der Waals surface area contributed by atoms with Gasteiger partial charge < -0.3 is 20.9 Å². The number of alkyl carbamates (subject to hydrolysis) is 1. The summed E-state index contributed by atoms with van der Waals surface area (Å²) in [6.07, 6.45) is 2.12. The number of hydrogen-bond acceptors (Lipinski definition) is 4. The largest absolute Gasteiger partial charge is 0.481 e. The molecule has 0 fully saturated rings. The monoisotopic (exact) mass is 284 g/mol. The highest BCUT2D eigenvalue weighted by Gasteiger charge is 2.42. The van der Waals surface area contributed by atoms with Gasteiger partial charge in [-0.25, -0.2) is 4.79 Å². The molecule has 0 aromatic carbocycles. The van der Waals surface area contributed by atoms with E-state index in [9.17, 15) is 14.4 Å². The summed E-state index contributed by atoms with van der Waals surface area (Å²) in [4.78, 5) is 33.9. The number of carboxylic acids is 1. The van der Waals surface area contributed by atoms with Gasteiger partial charge in [0.05, 0.1) is 17.9 Å². The van der Waals surface area contributed by atoms with Crippen LogP contribution in [-0.4, -0.2) is 34.7 Å². The third-order valence-electron chi connectivity index (χ3n) is 2.89. The minimum absolute atomic E-state index is 0.119. The lowest BCUT2D eigenvalue weighted by molar-refractivity contribution is -0.142. The second-order valence-corrected chi connectivity index (χ2v) is 5.91. The molecule has 2 amide bonds. The molecular weight excluding hydrogens is 264 g/mol. The van der Waals surface area contributed by atoms with Crippen LogP contribution in [0, 0.1) is 5.41 Å². The van der Waals surface area contributed by atoms with Gasteiger partial charge in [-0.1, -0.05) is 12.2 Å². The summed E-state index contributed by atoms with van der Waals surface area (Å²) in [5, 5.41) is 11.4. The molecule has 1 unspecified atom stereocenters. The molecule has 0 aromatic heterocycles. The fourth-order valence-corrected chi connectivity index (χ4v) is 2.06. The first-order chi connectivity index (χ1) is 9.04. The normalized spacial score (nSPS) is 25.2. The minimum atomic E-state index is -1.26. The summed E-state index contributed by atoms with van der Waals surface area (Å²) in [7, 11) is 0. The molecule has 20 heavy (non-hydrogen) atoms. The molecule has 7 heteroatoms. The maximum atomic E-state index is 11.6. The molecule has 1 aliphatic carbocycles. The molecule has 1 aliphatic rings. The molecule has 1 rings (SSSR count). The fourth-order valence-electron chi connectivity index (χ4n) is 2.06. The first kappa shape index (κ1) is 16.0. The Bertz CT molecular complexity index is 452. The molecule has 0 heterocycles. The Labute approximate surface area is 117 Å². The van der Waals surface area contributed by atoms with Crippen LogP contribution in [0.15, 0.2) is 12.2 Å². The van der Waals surface area contributed by atoms with Gasteiger partial charge in [0.15, 0.2) is 0 Å². The Kier molecular flexibility index (Phi) is 4.42. The van der Waals surface area contributed by atoms with Crippen LogP contribution < -0.4 is 11.1 Å². The Balaban J connectivity index is 2.67. The van der Waals surface area contributed by atoms with Crippen molar-refractivity contribution in [2.45, 2.75) is 45.3 Å². The Morgan fingerprint density at radius 2 is 2.05 bits per heavy atom. The lowest BCUT2D eigenvalue weighted by atomic mass is 9.82. The van der Waals surface area contributed by atoms with E-state index in [1.54, 1.807) is 26.8 Å². The highest BCUT2D eigenvalue weighted by atomic mass is 16.6. The van der Waals surface area contributed by atoms with Crippen LogP contribution in [0.25, 0.3) is 0 Å². The third-order valence-corrected chi connectivity index (χ3v) is 2.89. The van der Waals surface area contributed by atoms with Crippen LogP contribution in [0.5, 0.6) is 0 Å². The van der Waals surface area contributed by atoms with Gasteiger partial charge in [-0.3, -0.25) is 9.59 Å². The smallest absolute Gasteiger partial charge is 0.408 e. The number of aliphatic carboxylic acids is 1. The van der Waals surface area contributed by atoms with Crippen molar-refractivity contribution >= 4 is 18.0 Å². The predicted octanol–water partition coefficient (Wildman–Crippen LogP) is 0.786. The van der Waals surface area contributed by atoms with E-state index in [4.69, 9.17) is 15.6 Å². The van der Waals surface area contributed by atoms with Crippen molar-refractivity contribution in [3.63, 3.8) is 0 Å². The van der Waals surface area contributed by atoms with Crippen LogP contribution in [-0.2, 0) is 14.3 Å². The van der Waals surface area contributed by atoms with Gasteiger partial charge >= 0.3 is 12.1 Å². The number of nitrogens with two attached hydrogens (primary N) is 1. The maximum absolute atomic E-state index is 11.6. The number of carbonyl (C=O) groups excluding carboxylic acids is 2. The van der Waals surface area contributed by atoms with Crippen molar-refractivity contribution in [1.82, 2.24) is 5.32 Å².